The molecule has 2 heterocycles. The Kier molecular flexibility index (Phi) is 5.44. The second kappa shape index (κ2) is 8.18. The van der Waals surface area contributed by atoms with Crippen LogP contribution >= 0.6 is 0 Å². The van der Waals surface area contributed by atoms with Crippen LogP contribution in [0, 0.1) is 5.92 Å². The number of carbonyl (C=O) groups excluding carboxylic acids is 1. The summed E-state index contributed by atoms with van der Waals surface area (Å²) in [5, 5.41) is 2.96. The normalized spacial score (nSPS) is 16.1. The van der Waals surface area contributed by atoms with Crippen LogP contribution in [0.4, 0.5) is 24.5 Å². The maximum Gasteiger partial charge on any atom is 0.416 e. The summed E-state index contributed by atoms with van der Waals surface area (Å²) < 4.78 is 38.7. The summed E-state index contributed by atoms with van der Waals surface area (Å²) in [6, 6.07) is 17.8. The van der Waals surface area contributed by atoms with Crippen molar-refractivity contribution in [1.29, 1.82) is 0 Å². The molecule has 0 saturated carbocycles. The highest BCUT2D eigenvalue weighted by molar-refractivity contribution is 5.94. The van der Waals surface area contributed by atoms with Crippen molar-refractivity contribution >= 4 is 17.3 Å². The molecule has 0 aliphatic carbocycles. The van der Waals surface area contributed by atoms with E-state index in [4.69, 9.17) is 0 Å². The third-order valence-electron chi connectivity index (χ3n) is 5.17. The molecule has 1 aliphatic rings. The number of pyridine rings is 1. The van der Waals surface area contributed by atoms with Gasteiger partial charge in [-0.15, -0.1) is 0 Å². The molecule has 3 aromatic rings. The number of aromatic nitrogens is 1. The SMILES string of the molecule is O=C(NCC1Cc2ncccc2N(c2ccc(C(F)(F)F)cc2)C1)c1ccccc1. The molecule has 1 unspecified atom stereocenters. The molecule has 1 aromatic heterocycles. The van der Waals surface area contributed by atoms with Crippen molar-refractivity contribution < 1.29 is 18.0 Å². The van der Waals surface area contributed by atoms with E-state index in [1.165, 1.54) is 12.1 Å². The first-order valence-corrected chi connectivity index (χ1v) is 9.64. The number of rotatable bonds is 4. The van der Waals surface area contributed by atoms with Crippen LogP contribution in [0.1, 0.15) is 21.6 Å². The van der Waals surface area contributed by atoms with E-state index >= 15 is 0 Å². The smallest absolute Gasteiger partial charge is 0.352 e. The van der Waals surface area contributed by atoms with Gasteiger partial charge in [-0.3, -0.25) is 9.78 Å². The summed E-state index contributed by atoms with van der Waals surface area (Å²) in [6.07, 6.45) is -1.98. The van der Waals surface area contributed by atoms with Gasteiger partial charge in [-0.05, 0) is 60.9 Å². The van der Waals surface area contributed by atoms with Gasteiger partial charge in [0.25, 0.3) is 5.91 Å². The number of carbonyl (C=O) groups is 1. The van der Waals surface area contributed by atoms with E-state index in [1.54, 1.807) is 18.3 Å². The number of fused-ring (bicyclic) bond motifs is 1. The molecule has 154 valence electrons. The van der Waals surface area contributed by atoms with E-state index in [0.29, 0.717) is 30.8 Å². The Balaban J connectivity index is 1.53. The fraction of sp³-hybridized carbons (Fsp3) is 0.217. The number of nitrogens with zero attached hydrogens (tertiary/aromatic N) is 2. The van der Waals surface area contributed by atoms with Gasteiger partial charge in [0.05, 0.1) is 16.9 Å². The lowest BCUT2D eigenvalue weighted by Gasteiger charge is -2.35. The molecular weight excluding hydrogens is 391 g/mol. The van der Waals surface area contributed by atoms with Crippen molar-refractivity contribution in [2.75, 3.05) is 18.0 Å². The first kappa shape index (κ1) is 19.9. The van der Waals surface area contributed by atoms with Crippen molar-refractivity contribution in [1.82, 2.24) is 10.3 Å². The Labute approximate surface area is 172 Å². The van der Waals surface area contributed by atoms with Gasteiger partial charge in [0.1, 0.15) is 0 Å². The monoisotopic (exact) mass is 411 g/mol. The Bertz CT molecular complexity index is 1020. The number of hydrogen-bond donors (Lipinski definition) is 1. The first-order valence-electron chi connectivity index (χ1n) is 9.64. The Morgan fingerprint density at radius 2 is 1.77 bits per heavy atom. The minimum absolute atomic E-state index is 0.0716. The van der Waals surface area contributed by atoms with Crippen LogP contribution in [0.25, 0.3) is 0 Å². The van der Waals surface area contributed by atoms with Crippen LogP contribution in [0.3, 0.4) is 0 Å². The van der Waals surface area contributed by atoms with E-state index in [1.807, 2.05) is 35.2 Å². The van der Waals surface area contributed by atoms with Crippen LogP contribution in [0.15, 0.2) is 72.9 Å². The zero-order chi connectivity index (χ0) is 21.1. The number of halogens is 3. The van der Waals surface area contributed by atoms with Gasteiger partial charge in [-0.1, -0.05) is 18.2 Å². The van der Waals surface area contributed by atoms with E-state index in [9.17, 15) is 18.0 Å². The predicted molar refractivity (Wildman–Crippen MR) is 109 cm³/mol. The predicted octanol–water partition coefficient (Wildman–Crippen LogP) is 4.84. The van der Waals surface area contributed by atoms with Crippen molar-refractivity contribution in [2.45, 2.75) is 12.6 Å². The minimum Gasteiger partial charge on any atom is -0.352 e. The lowest BCUT2D eigenvalue weighted by molar-refractivity contribution is -0.137. The highest BCUT2D eigenvalue weighted by Gasteiger charge is 2.31. The second-order valence-corrected chi connectivity index (χ2v) is 7.27. The fourth-order valence-electron chi connectivity index (χ4n) is 3.67. The van der Waals surface area contributed by atoms with Gasteiger partial charge in [0.15, 0.2) is 0 Å². The van der Waals surface area contributed by atoms with E-state index in [0.717, 1.165) is 23.5 Å². The molecule has 1 amide bonds. The standard InChI is InChI=1S/C23H20F3N3O/c24-23(25,26)18-8-10-19(11-9-18)29-15-16(13-20-21(29)7-4-12-27-20)14-28-22(30)17-5-2-1-3-6-17/h1-12,16H,13-15H2,(H,28,30). The zero-order valence-corrected chi connectivity index (χ0v) is 16.1. The van der Waals surface area contributed by atoms with Crippen molar-refractivity contribution in [3.8, 4) is 0 Å². The summed E-state index contributed by atoms with van der Waals surface area (Å²) in [6.45, 7) is 1.01. The van der Waals surface area contributed by atoms with Crippen molar-refractivity contribution in [2.24, 2.45) is 5.92 Å². The number of amides is 1. The Morgan fingerprint density at radius 1 is 1.03 bits per heavy atom. The molecule has 0 bridgehead atoms. The number of nitrogens with one attached hydrogen (secondary N) is 1. The highest BCUT2D eigenvalue weighted by atomic mass is 19.4. The van der Waals surface area contributed by atoms with Crippen molar-refractivity contribution in [3.05, 3.63) is 89.7 Å². The van der Waals surface area contributed by atoms with Crippen LogP contribution < -0.4 is 10.2 Å². The Hall–Kier alpha value is -3.35. The maximum absolute atomic E-state index is 12.9. The van der Waals surface area contributed by atoms with Gasteiger partial charge >= 0.3 is 6.18 Å². The average molecular weight is 411 g/mol. The molecule has 0 fully saturated rings. The Morgan fingerprint density at radius 3 is 2.47 bits per heavy atom. The molecular formula is C23H20F3N3O. The molecule has 4 rings (SSSR count). The van der Waals surface area contributed by atoms with Crippen LogP contribution in [-0.2, 0) is 12.6 Å². The van der Waals surface area contributed by atoms with E-state index in [2.05, 4.69) is 10.3 Å². The van der Waals surface area contributed by atoms with E-state index in [-0.39, 0.29) is 11.8 Å². The quantitative estimate of drug-likeness (QED) is 0.668. The minimum atomic E-state index is -4.37. The average Bonchev–Trinajstić information content (AvgIpc) is 2.77. The number of anilines is 2. The molecule has 30 heavy (non-hydrogen) atoms. The summed E-state index contributed by atoms with van der Waals surface area (Å²) >= 11 is 0. The van der Waals surface area contributed by atoms with Gasteiger partial charge in [0, 0.05) is 30.5 Å². The second-order valence-electron chi connectivity index (χ2n) is 7.27. The van der Waals surface area contributed by atoms with Gasteiger partial charge in [-0.25, -0.2) is 0 Å². The van der Waals surface area contributed by atoms with Gasteiger partial charge in [-0.2, -0.15) is 13.2 Å². The first-order chi connectivity index (χ1) is 14.4. The molecule has 0 radical (unpaired) electrons. The van der Waals surface area contributed by atoms with Gasteiger partial charge < -0.3 is 10.2 Å². The third-order valence-corrected chi connectivity index (χ3v) is 5.17. The lowest BCUT2D eigenvalue weighted by Crippen LogP contribution is -2.39. The van der Waals surface area contributed by atoms with Gasteiger partial charge in [0.2, 0.25) is 0 Å². The van der Waals surface area contributed by atoms with E-state index < -0.39 is 11.7 Å². The summed E-state index contributed by atoms with van der Waals surface area (Å²) in [4.78, 5) is 18.8. The number of benzene rings is 2. The molecule has 0 spiro atoms. The molecule has 1 N–H and O–H groups in total. The van der Waals surface area contributed by atoms with Crippen LogP contribution in [-0.4, -0.2) is 24.0 Å². The number of alkyl halides is 3. The fourth-order valence-corrected chi connectivity index (χ4v) is 3.67. The number of hydrogen-bond acceptors (Lipinski definition) is 3. The highest BCUT2D eigenvalue weighted by Crippen LogP contribution is 2.36. The zero-order valence-electron chi connectivity index (χ0n) is 16.1. The third kappa shape index (κ3) is 4.30. The van der Waals surface area contributed by atoms with Crippen LogP contribution in [0.5, 0.6) is 0 Å². The molecule has 1 atom stereocenters. The maximum atomic E-state index is 12.9. The topological polar surface area (TPSA) is 45.2 Å². The summed E-state index contributed by atoms with van der Waals surface area (Å²) in [7, 11) is 0. The lowest BCUT2D eigenvalue weighted by atomic mass is 9.95. The van der Waals surface area contributed by atoms with Crippen LogP contribution in [0.2, 0.25) is 0 Å². The molecule has 4 nitrogen and oxygen atoms in total. The summed E-state index contributed by atoms with van der Waals surface area (Å²) in [5.41, 5.74) is 2.31. The van der Waals surface area contributed by atoms with Crippen molar-refractivity contribution in [3.63, 3.8) is 0 Å². The molecule has 1 aliphatic heterocycles. The largest absolute Gasteiger partial charge is 0.416 e. The molecule has 7 heteroatoms. The molecule has 0 saturated heterocycles. The molecule has 2 aromatic carbocycles. The summed E-state index contributed by atoms with van der Waals surface area (Å²) in [5.74, 6) is -0.0779.